The molecule has 4 rings (SSSR count). The monoisotopic (exact) mass is 986 g/mol. The number of aromatic amines is 1. The summed E-state index contributed by atoms with van der Waals surface area (Å²) in [4.78, 5) is 34.5. The maximum absolute atomic E-state index is 13.4. The quantitative estimate of drug-likeness (QED) is 0.0436. The molecule has 0 radical (unpaired) electrons. The number of morpholine rings is 1. The molecule has 15 N–H and O–H groups in total. The zero-order valence-corrected chi connectivity index (χ0v) is 36.4. The van der Waals surface area contributed by atoms with Gasteiger partial charge in [-0.05, 0) is 50.3 Å². The summed E-state index contributed by atoms with van der Waals surface area (Å²) in [7, 11) is -1.88. The first kappa shape index (κ1) is 58.6. The summed E-state index contributed by atoms with van der Waals surface area (Å²) in [6.45, 7) is 0.225. The predicted octanol–water partition coefficient (Wildman–Crippen LogP) is -2.49. The minimum Gasteiger partial charge on any atom is -0.394 e. The van der Waals surface area contributed by atoms with E-state index in [0.29, 0.717) is 17.7 Å². The van der Waals surface area contributed by atoms with Crippen LogP contribution in [0.2, 0.25) is 0 Å². The van der Waals surface area contributed by atoms with Gasteiger partial charge in [0.15, 0.2) is 6.29 Å². The van der Waals surface area contributed by atoms with Crippen molar-refractivity contribution in [2.75, 3.05) is 53.6 Å². The molecule has 11 atom stereocenters. The van der Waals surface area contributed by atoms with Crippen LogP contribution in [0.25, 0.3) is 0 Å². The van der Waals surface area contributed by atoms with E-state index in [4.69, 9.17) is 50.3 Å². The molecule has 22 nitrogen and oxygen atoms in total. The lowest BCUT2D eigenvalue weighted by atomic mass is 10.0. The largest absolute Gasteiger partial charge is 0.454 e. The van der Waals surface area contributed by atoms with Crippen LogP contribution >= 0.6 is 7.75 Å². The fourth-order valence-corrected chi connectivity index (χ4v) is 6.59. The van der Waals surface area contributed by atoms with E-state index in [2.05, 4.69) is 20.7 Å². The molecule has 0 amide bonds. The maximum atomic E-state index is 13.4. The zero-order valence-electron chi connectivity index (χ0n) is 35.5. The number of aliphatic hydroxyl groups is 10. The van der Waals surface area contributed by atoms with Crippen LogP contribution in [-0.2, 0) is 32.9 Å². The Kier molecular flexibility index (Phi) is 23.4. The minimum absolute atomic E-state index is 0.00222. The molecule has 1 aliphatic heterocycles. The van der Waals surface area contributed by atoms with Crippen LogP contribution in [0, 0.1) is 0 Å². The van der Waals surface area contributed by atoms with Gasteiger partial charge in [0.1, 0.15) is 42.4 Å². The highest BCUT2D eigenvalue weighted by molar-refractivity contribution is 7.49. The van der Waals surface area contributed by atoms with Gasteiger partial charge in [-0.15, -0.1) is 9.55 Å². The number of ether oxygens (including phenoxy) is 2. The Bertz CT molecular complexity index is 1920. The van der Waals surface area contributed by atoms with Crippen molar-refractivity contribution in [3.63, 3.8) is 0 Å². The van der Waals surface area contributed by atoms with Crippen LogP contribution in [-0.4, -0.2) is 189 Å². The minimum atomic E-state index is -5.03. The van der Waals surface area contributed by atoms with Crippen molar-refractivity contribution in [1.82, 2.24) is 30.1 Å². The summed E-state index contributed by atoms with van der Waals surface area (Å²) in [5.74, 6) is -0.101. The molecule has 378 valence electrons. The highest BCUT2D eigenvalue weighted by Gasteiger charge is 2.40. The Morgan fingerprint density at radius 1 is 0.803 bits per heavy atom. The van der Waals surface area contributed by atoms with Gasteiger partial charge in [0.05, 0.1) is 61.8 Å². The molecule has 1 saturated heterocycles. The lowest BCUT2D eigenvalue weighted by molar-refractivity contribution is -0.231. The highest BCUT2D eigenvalue weighted by Crippen LogP contribution is 2.40. The molecule has 29 heteroatoms. The predicted molar refractivity (Wildman–Crippen MR) is 216 cm³/mol. The second kappa shape index (κ2) is 26.3. The number of H-pyrrole nitrogens is 1. The number of nitrogens with one attached hydrogen (secondary N) is 3. The van der Waals surface area contributed by atoms with Gasteiger partial charge < -0.3 is 81.0 Å². The lowest BCUT2D eigenvalue weighted by Gasteiger charge is -2.41. The Balaban J connectivity index is 0.000000470. The molecule has 3 aromatic rings. The highest BCUT2D eigenvalue weighted by atomic mass is 31.2. The average molecular weight is 987 g/mol. The number of benzene rings is 2. The molecule has 0 bridgehead atoms. The first-order valence-electron chi connectivity index (χ1n) is 19.7. The molecule has 1 aliphatic rings. The van der Waals surface area contributed by atoms with Crippen molar-refractivity contribution in [3.8, 4) is 0 Å². The van der Waals surface area contributed by atoms with Crippen LogP contribution in [0.5, 0.6) is 0 Å². The van der Waals surface area contributed by atoms with Crippen molar-refractivity contribution in [2.45, 2.75) is 93.1 Å². The van der Waals surface area contributed by atoms with E-state index in [1.54, 1.807) is 49.3 Å². The topological polar surface area (TPSA) is 356 Å². The van der Waals surface area contributed by atoms with Crippen LogP contribution in [0.3, 0.4) is 0 Å². The molecule has 0 saturated carbocycles. The van der Waals surface area contributed by atoms with Crippen LogP contribution in [0.15, 0.2) is 53.3 Å². The number of hydrogen-bond donors (Lipinski definition) is 15. The van der Waals surface area contributed by atoms with Gasteiger partial charge >= 0.3 is 25.8 Å². The summed E-state index contributed by atoms with van der Waals surface area (Å²) >= 11 is 0. The van der Waals surface area contributed by atoms with Gasteiger partial charge in [-0.3, -0.25) is 9.88 Å². The Morgan fingerprint density at radius 3 is 1.65 bits per heavy atom. The van der Waals surface area contributed by atoms with E-state index in [0.717, 1.165) is 0 Å². The normalized spacial score (nSPS) is 20.3. The van der Waals surface area contributed by atoms with Crippen LogP contribution in [0.4, 0.5) is 26.3 Å². The van der Waals surface area contributed by atoms with Crippen molar-refractivity contribution in [2.24, 2.45) is 0 Å². The maximum Gasteiger partial charge on any atom is 0.454 e. The number of rotatable bonds is 19. The Morgan fingerprint density at radius 2 is 1.26 bits per heavy atom. The summed E-state index contributed by atoms with van der Waals surface area (Å²) in [5.41, 5.74) is -3.89. The lowest BCUT2D eigenvalue weighted by Crippen LogP contribution is -2.48. The smallest absolute Gasteiger partial charge is 0.394 e. The van der Waals surface area contributed by atoms with Crippen molar-refractivity contribution >= 4 is 7.75 Å². The number of halogens is 6. The average Bonchev–Trinajstić information content (AvgIpc) is 3.65. The van der Waals surface area contributed by atoms with Gasteiger partial charge in [-0.2, -0.15) is 26.3 Å². The molecule has 2 aromatic carbocycles. The van der Waals surface area contributed by atoms with Gasteiger partial charge in [0, 0.05) is 19.6 Å². The number of alkyl halides is 6. The van der Waals surface area contributed by atoms with E-state index in [-0.39, 0.29) is 54.7 Å². The number of likely N-dealkylation sites (N-methyl/N-ethyl adjacent to an activating group) is 2. The van der Waals surface area contributed by atoms with E-state index in [1.165, 1.54) is 6.92 Å². The Hall–Kier alpha value is -3.49. The van der Waals surface area contributed by atoms with Gasteiger partial charge in [-0.25, -0.2) is 9.36 Å². The standard InChI is InChI=1S/C23H23F6N4O6P.2C7H17NO5/c1-13(15-9-16(22(24,25)26)11-17(10-15)23(27,28)29)39-20-19(14-5-3-2-4-6-14)32(7-8-38-20)12-18-30-21(34)33(31-18)40(35,36)37;2*1-8-2-4(10)6(12)7(13)5(11)3-9/h2-6,9-11,13,19-20H,7-8,12H2,1H3,(H,30,31,34)(H2,35,36,37);2*4-13H,2-3H2,1H3/t13-,19+,20+;2*4-,5+,6+,7+/m100/s1. The summed E-state index contributed by atoms with van der Waals surface area (Å²) in [6, 6.07) is 8.87. The summed E-state index contributed by atoms with van der Waals surface area (Å²) in [5, 5.41) is 98.6. The number of aromatic nitrogens is 3. The second-order valence-electron chi connectivity index (χ2n) is 14.7. The van der Waals surface area contributed by atoms with Crippen molar-refractivity contribution in [3.05, 3.63) is 87.1 Å². The third-order valence-corrected chi connectivity index (χ3v) is 10.4. The van der Waals surface area contributed by atoms with E-state index < -0.39 is 117 Å². The molecular weight excluding hydrogens is 929 g/mol. The Labute approximate surface area is 372 Å². The fourth-order valence-electron chi connectivity index (χ4n) is 6.08. The van der Waals surface area contributed by atoms with E-state index >= 15 is 0 Å². The van der Waals surface area contributed by atoms with Crippen molar-refractivity contribution < 1.29 is 101 Å². The van der Waals surface area contributed by atoms with Crippen molar-refractivity contribution in [1.29, 1.82) is 0 Å². The molecule has 0 aliphatic carbocycles. The molecule has 1 aromatic heterocycles. The van der Waals surface area contributed by atoms with Crippen LogP contribution in [0.1, 0.15) is 47.1 Å². The number of aliphatic hydroxyl groups excluding tert-OH is 10. The SMILES string of the molecule is CNC[C@H](O)[C@@H](O)[C@H](O)[C@H](O)CO.CNC[C@H](O)[C@@H](O)[C@H](O)[C@H](O)CO.C[C@@H](O[C@@H]1OCCN(Cc2nn(P(=O)(O)O)c(=O)[nH]2)[C@H]1c1ccccc1)c1cc(C(F)(F)F)cc(C(F)(F)F)c1. The summed E-state index contributed by atoms with van der Waals surface area (Å²) < 4.78 is 103. The first-order valence-corrected chi connectivity index (χ1v) is 21.2. The summed E-state index contributed by atoms with van der Waals surface area (Å²) in [6.07, 6.45) is -23.8. The number of nitrogens with zero attached hydrogens (tertiary/aromatic N) is 3. The molecule has 66 heavy (non-hydrogen) atoms. The zero-order chi connectivity index (χ0) is 50.3. The van der Waals surface area contributed by atoms with Crippen LogP contribution < -0.4 is 16.3 Å². The first-order chi connectivity index (χ1) is 30.6. The third kappa shape index (κ3) is 17.5. The van der Waals surface area contributed by atoms with Gasteiger partial charge in [0.2, 0.25) is 0 Å². The number of hydrogen-bond acceptors (Lipinski definition) is 18. The van der Waals surface area contributed by atoms with Gasteiger partial charge in [0.25, 0.3) is 0 Å². The fraction of sp³-hybridized carbons (Fsp3) is 0.622. The molecule has 0 unspecified atom stereocenters. The van der Waals surface area contributed by atoms with E-state index in [1.807, 2.05) is 0 Å². The van der Waals surface area contributed by atoms with Gasteiger partial charge in [-0.1, -0.05) is 30.3 Å². The molecule has 0 spiro atoms. The second-order valence-corrected chi connectivity index (χ2v) is 16.1. The molecule has 1 fully saturated rings. The van der Waals surface area contributed by atoms with E-state index in [9.17, 15) is 55.7 Å². The molecule has 2 heterocycles. The molecular formula is C37H57F6N6O16P. The third-order valence-electron chi connectivity index (χ3n) is 9.60.